The minimum atomic E-state index is -0.405. The first-order valence-electron chi connectivity index (χ1n) is 11.5. The summed E-state index contributed by atoms with van der Waals surface area (Å²) in [7, 11) is 0. The quantitative estimate of drug-likeness (QED) is 0.290. The van der Waals surface area contributed by atoms with E-state index in [4.69, 9.17) is 0 Å². The molecule has 0 bridgehead atoms. The van der Waals surface area contributed by atoms with Crippen LogP contribution in [0, 0.1) is 0 Å². The monoisotopic (exact) mass is 501 g/mol. The summed E-state index contributed by atoms with van der Waals surface area (Å²) < 4.78 is 1.33. The average molecular weight is 501 g/mol. The van der Waals surface area contributed by atoms with E-state index >= 15 is 0 Å². The average Bonchev–Trinajstić information content (AvgIpc) is 2.88. The molecule has 0 saturated carbocycles. The first kappa shape index (κ1) is 23.5. The number of nitrogens with zero attached hydrogens (tertiary/aromatic N) is 1. The number of benzene rings is 4. The summed E-state index contributed by atoms with van der Waals surface area (Å²) in [5.74, 6) is 0. The Morgan fingerprint density at radius 1 is 0.576 bits per heavy atom. The third-order valence-electron chi connectivity index (χ3n) is 5.82. The van der Waals surface area contributed by atoms with Crippen LogP contribution in [0.15, 0.2) is 121 Å². The van der Waals surface area contributed by atoms with Crippen molar-refractivity contribution in [3.8, 4) is 0 Å². The van der Waals surface area contributed by atoms with Gasteiger partial charge < -0.3 is 0 Å². The van der Waals surface area contributed by atoms with Gasteiger partial charge in [-0.15, -0.1) is 0 Å². The van der Waals surface area contributed by atoms with Crippen molar-refractivity contribution >= 4 is 19.4 Å². The third-order valence-corrected chi connectivity index (χ3v) is 8.16. The zero-order chi connectivity index (χ0) is 22.7. The van der Waals surface area contributed by atoms with Crippen molar-refractivity contribution in [1.29, 1.82) is 0 Å². The Morgan fingerprint density at radius 3 is 1.48 bits per heavy atom. The summed E-state index contributed by atoms with van der Waals surface area (Å²) in [6, 6.07) is 42.4. The fourth-order valence-electron chi connectivity index (χ4n) is 4.10. The Morgan fingerprint density at radius 2 is 1.00 bits per heavy atom. The first-order valence-corrected chi connectivity index (χ1v) is 13.6. The number of hydrogen-bond donors (Lipinski definition) is 1. The molecule has 0 amide bonds. The van der Waals surface area contributed by atoms with Crippen LogP contribution >= 0.6 is 0 Å². The molecule has 3 heteroatoms. The van der Waals surface area contributed by atoms with E-state index in [9.17, 15) is 5.11 Å². The van der Waals surface area contributed by atoms with Gasteiger partial charge in [0.25, 0.3) is 0 Å². The fraction of sp³-hybridized carbons (Fsp3) is 0.200. The van der Waals surface area contributed by atoms with Gasteiger partial charge in [0, 0.05) is 0 Å². The van der Waals surface area contributed by atoms with E-state index in [1.807, 2.05) is 0 Å². The Kier molecular flexibility index (Phi) is 8.91. The summed E-state index contributed by atoms with van der Waals surface area (Å²) in [6.07, 6.45) is 0.421. The van der Waals surface area contributed by atoms with Gasteiger partial charge in [0.05, 0.1) is 0 Å². The molecule has 33 heavy (non-hydrogen) atoms. The molecule has 168 valence electrons. The predicted octanol–water partition coefficient (Wildman–Crippen LogP) is 5.11. The normalized spacial score (nSPS) is 13.0. The maximum absolute atomic E-state index is 11.5. The minimum absolute atomic E-state index is 0.0263. The number of aliphatic hydroxyl groups is 1. The topological polar surface area (TPSA) is 23.5 Å². The first-order chi connectivity index (χ1) is 16.3. The molecule has 0 aromatic heterocycles. The molecule has 0 aliphatic heterocycles. The van der Waals surface area contributed by atoms with Crippen LogP contribution in [0.4, 0.5) is 0 Å². The Bertz CT molecular complexity index is 1020. The van der Waals surface area contributed by atoms with Gasteiger partial charge >= 0.3 is 204 Å². The fourth-order valence-corrected chi connectivity index (χ4v) is 6.06. The van der Waals surface area contributed by atoms with Crippen LogP contribution < -0.4 is 4.46 Å². The second-order valence-electron chi connectivity index (χ2n) is 8.32. The summed E-state index contributed by atoms with van der Waals surface area (Å²) in [4.78, 5) is 2.46. The molecule has 0 unspecified atom stereocenters. The van der Waals surface area contributed by atoms with E-state index in [1.54, 1.807) is 0 Å². The van der Waals surface area contributed by atoms with Crippen molar-refractivity contribution in [3.63, 3.8) is 0 Å². The van der Waals surface area contributed by atoms with E-state index in [0.29, 0.717) is 0 Å². The zero-order valence-electron chi connectivity index (χ0n) is 18.8. The number of hydrogen-bond acceptors (Lipinski definition) is 2. The standard InChI is InChI=1S/C30H31NOSe/c32-30(24-33-28-19-11-4-12-20-28)29(21-25-13-5-1-6-14-25)31(22-26-15-7-2-8-16-26)23-27-17-9-3-10-18-27/h1-20,29-30,32H,21-24H2/t29-,30+/m0/s1. The summed E-state index contributed by atoms with van der Waals surface area (Å²) in [5.41, 5.74) is 3.81. The molecule has 0 fully saturated rings. The third kappa shape index (κ3) is 7.42. The van der Waals surface area contributed by atoms with Gasteiger partial charge in [-0.1, -0.05) is 0 Å². The van der Waals surface area contributed by atoms with Crippen LogP contribution in [-0.4, -0.2) is 37.1 Å². The summed E-state index contributed by atoms with van der Waals surface area (Å²) in [5, 5.41) is 12.3. The van der Waals surface area contributed by atoms with Gasteiger partial charge in [-0.2, -0.15) is 0 Å². The maximum atomic E-state index is 11.5. The van der Waals surface area contributed by atoms with Crippen molar-refractivity contribution in [2.75, 3.05) is 0 Å². The van der Waals surface area contributed by atoms with Crippen molar-refractivity contribution in [2.24, 2.45) is 0 Å². The predicted molar refractivity (Wildman–Crippen MR) is 139 cm³/mol. The second kappa shape index (κ2) is 12.5. The Hall–Kier alpha value is -2.68. The zero-order valence-corrected chi connectivity index (χ0v) is 20.5. The molecule has 2 atom stereocenters. The van der Waals surface area contributed by atoms with Crippen LogP contribution in [-0.2, 0) is 19.5 Å². The van der Waals surface area contributed by atoms with Gasteiger partial charge in [0.15, 0.2) is 0 Å². The van der Waals surface area contributed by atoms with E-state index in [-0.39, 0.29) is 21.0 Å². The van der Waals surface area contributed by atoms with Gasteiger partial charge in [-0.05, 0) is 0 Å². The number of rotatable bonds is 11. The second-order valence-corrected chi connectivity index (χ2v) is 10.6. The molecular weight excluding hydrogens is 469 g/mol. The Balaban J connectivity index is 1.60. The molecule has 0 aliphatic carbocycles. The van der Waals surface area contributed by atoms with E-state index in [2.05, 4.69) is 126 Å². The van der Waals surface area contributed by atoms with Crippen LogP contribution in [0.5, 0.6) is 0 Å². The molecular formula is C30H31NOSe. The van der Waals surface area contributed by atoms with E-state index < -0.39 is 6.10 Å². The van der Waals surface area contributed by atoms with Gasteiger partial charge in [-0.3, -0.25) is 0 Å². The van der Waals surface area contributed by atoms with Gasteiger partial charge in [-0.25, -0.2) is 0 Å². The Labute approximate surface area is 204 Å². The van der Waals surface area contributed by atoms with Crippen molar-refractivity contribution in [1.82, 2.24) is 4.90 Å². The van der Waals surface area contributed by atoms with Gasteiger partial charge in [0.1, 0.15) is 0 Å². The van der Waals surface area contributed by atoms with Crippen LogP contribution in [0.25, 0.3) is 0 Å². The molecule has 0 radical (unpaired) electrons. The summed E-state index contributed by atoms with van der Waals surface area (Å²) in [6.45, 7) is 1.62. The molecule has 4 aromatic rings. The van der Waals surface area contributed by atoms with Crippen molar-refractivity contribution < 1.29 is 5.11 Å². The molecule has 0 saturated heterocycles. The van der Waals surface area contributed by atoms with E-state index in [0.717, 1.165) is 24.8 Å². The molecule has 2 nitrogen and oxygen atoms in total. The molecule has 0 aliphatic rings. The molecule has 0 spiro atoms. The van der Waals surface area contributed by atoms with Crippen LogP contribution in [0.2, 0.25) is 5.32 Å². The van der Waals surface area contributed by atoms with Crippen molar-refractivity contribution in [2.45, 2.75) is 37.0 Å². The van der Waals surface area contributed by atoms with E-state index in [1.165, 1.54) is 21.2 Å². The molecule has 1 N–H and O–H groups in total. The van der Waals surface area contributed by atoms with Crippen LogP contribution in [0.1, 0.15) is 16.7 Å². The van der Waals surface area contributed by atoms with Crippen molar-refractivity contribution in [3.05, 3.63) is 138 Å². The molecule has 4 aromatic carbocycles. The molecule has 4 rings (SSSR count). The SMILES string of the molecule is O[C@H](C[Se]c1ccccc1)[C@H](Cc1ccccc1)N(Cc1ccccc1)Cc1ccccc1. The number of aliphatic hydroxyl groups excluding tert-OH is 1. The molecule has 0 heterocycles. The summed E-state index contributed by atoms with van der Waals surface area (Å²) >= 11 is 0.237. The van der Waals surface area contributed by atoms with Crippen LogP contribution in [0.3, 0.4) is 0 Å². The van der Waals surface area contributed by atoms with Gasteiger partial charge in [0.2, 0.25) is 0 Å².